The maximum absolute atomic E-state index is 4.25. The number of hydrogen-bond donors (Lipinski definition) is 0. The molecule has 0 aliphatic carbocycles. The van der Waals surface area contributed by atoms with Crippen LogP contribution in [0.4, 0.5) is 0 Å². The molecule has 1 fully saturated rings. The van der Waals surface area contributed by atoms with Crippen molar-refractivity contribution in [1.29, 1.82) is 0 Å². The molecular formula is C14H29NO. The van der Waals surface area contributed by atoms with E-state index in [0.717, 1.165) is 5.92 Å². The van der Waals surface area contributed by atoms with Gasteiger partial charge in [0.2, 0.25) is 0 Å². The molecule has 0 spiro atoms. The highest BCUT2D eigenvalue weighted by Crippen LogP contribution is 2.24. The van der Waals surface area contributed by atoms with Crippen LogP contribution in [0, 0.1) is 11.3 Å². The molecule has 2 atom stereocenters. The molecule has 0 N–H and O–H groups in total. The lowest BCUT2D eigenvalue weighted by molar-refractivity contribution is 0.277. The Morgan fingerprint density at radius 1 is 1.25 bits per heavy atom. The fourth-order valence-electron chi connectivity index (χ4n) is 1.92. The summed E-state index contributed by atoms with van der Waals surface area (Å²) in [6.07, 6.45) is 6.04. The Hall–Kier alpha value is -0.340. The average Bonchev–Trinajstić information content (AvgIpc) is 2.42. The van der Waals surface area contributed by atoms with Crippen molar-refractivity contribution in [2.24, 2.45) is 11.3 Å². The highest BCUT2D eigenvalue weighted by Gasteiger charge is 2.24. The van der Waals surface area contributed by atoms with Gasteiger partial charge in [0.15, 0.2) is 0 Å². The van der Waals surface area contributed by atoms with Crippen molar-refractivity contribution in [3.8, 4) is 0 Å². The van der Waals surface area contributed by atoms with E-state index in [-0.39, 0.29) is 0 Å². The van der Waals surface area contributed by atoms with E-state index in [9.17, 15) is 0 Å². The third-order valence-electron chi connectivity index (χ3n) is 2.63. The highest BCUT2D eigenvalue weighted by molar-refractivity contribution is 5.02. The van der Waals surface area contributed by atoms with Crippen molar-refractivity contribution < 1.29 is 4.74 Å². The summed E-state index contributed by atoms with van der Waals surface area (Å²) in [5.74, 6) is 0.861. The maximum atomic E-state index is 4.25. The van der Waals surface area contributed by atoms with Gasteiger partial charge in [0.1, 0.15) is 0 Å². The van der Waals surface area contributed by atoms with Crippen molar-refractivity contribution in [3.63, 3.8) is 0 Å². The number of ether oxygens (including phenoxy) is 1. The van der Waals surface area contributed by atoms with Gasteiger partial charge in [-0.15, -0.1) is 0 Å². The van der Waals surface area contributed by atoms with Gasteiger partial charge in [-0.1, -0.05) is 39.8 Å². The molecule has 0 amide bonds. The molecule has 0 saturated carbocycles. The first-order chi connectivity index (χ1) is 7.30. The lowest BCUT2D eigenvalue weighted by Crippen LogP contribution is -2.23. The Balaban J connectivity index is 0.000000673. The number of likely N-dealkylation sites (tertiary alicyclic amines) is 1. The first kappa shape index (κ1) is 15.7. The number of rotatable bonds is 1. The second-order valence-electron chi connectivity index (χ2n) is 5.98. The Bertz CT molecular complexity index is 205. The summed E-state index contributed by atoms with van der Waals surface area (Å²) in [6.45, 7) is 10.3. The fraction of sp³-hybridized carbons (Fsp3) is 0.857. The molecule has 96 valence electrons. The molecule has 0 aromatic heterocycles. The molecule has 1 aliphatic rings. The van der Waals surface area contributed by atoms with Crippen LogP contribution in [0.5, 0.6) is 0 Å². The van der Waals surface area contributed by atoms with Gasteiger partial charge in [0.05, 0.1) is 0 Å². The zero-order valence-electron chi connectivity index (χ0n) is 12.1. The molecule has 16 heavy (non-hydrogen) atoms. The topological polar surface area (TPSA) is 12.5 Å². The SMILES string of the molecule is CC1CC(/C=C/C(C)(C)C)N(C)C1.COC. The normalized spacial score (nSPS) is 26.9. The quantitative estimate of drug-likeness (QED) is 0.638. The predicted octanol–water partition coefficient (Wildman–Crippen LogP) is 3.19. The molecule has 1 rings (SSSR count). The fourth-order valence-corrected chi connectivity index (χ4v) is 1.92. The van der Waals surface area contributed by atoms with E-state index in [2.05, 4.69) is 56.5 Å². The standard InChI is InChI=1S/C12H23N.C2H6O/c1-10-8-11(13(5)9-10)6-7-12(2,3)4;1-3-2/h6-7,10-11H,8-9H2,1-5H3;1-2H3/b7-6+;. The minimum atomic E-state index is 0.326. The zero-order chi connectivity index (χ0) is 12.8. The van der Waals surface area contributed by atoms with Gasteiger partial charge in [-0.3, -0.25) is 4.90 Å². The number of methoxy groups -OCH3 is 1. The predicted molar refractivity (Wildman–Crippen MR) is 71.7 cm³/mol. The van der Waals surface area contributed by atoms with Crippen molar-refractivity contribution in [1.82, 2.24) is 4.90 Å². The van der Waals surface area contributed by atoms with E-state index in [0.29, 0.717) is 11.5 Å². The van der Waals surface area contributed by atoms with Crippen molar-refractivity contribution in [3.05, 3.63) is 12.2 Å². The summed E-state index contributed by atoms with van der Waals surface area (Å²) in [5, 5.41) is 0. The largest absolute Gasteiger partial charge is 0.388 e. The van der Waals surface area contributed by atoms with Crippen LogP contribution in [-0.4, -0.2) is 38.8 Å². The van der Waals surface area contributed by atoms with Crippen LogP contribution in [-0.2, 0) is 4.74 Å². The molecule has 1 saturated heterocycles. The summed E-state index contributed by atoms with van der Waals surface area (Å²) >= 11 is 0. The van der Waals surface area contributed by atoms with Crippen LogP contribution in [0.15, 0.2) is 12.2 Å². The van der Waals surface area contributed by atoms with Gasteiger partial charge >= 0.3 is 0 Å². The van der Waals surface area contributed by atoms with Gasteiger partial charge in [0, 0.05) is 26.8 Å². The van der Waals surface area contributed by atoms with Crippen molar-refractivity contribution >= 4 is 0 Å². The summed E-state index contributed by atoms with van der Waals surface area (Å²) in [7, 11) is 5.47. The number of allylic oxidation sites excluding steroid dienone is 1. The van der Waals surface area contributed by atoms with Crippen LogP contribution < -0.4 is 0 Å². The van der Waals surface area contributed by atoms with Gasteiger partial charge in [-0.05, 0) is 24.8 Å². The molecule has 0 radical (unpaired) electrons. The minimum Gasteiger partial charge on any atom is -0.388 e. The second kappa shape index (κ2) is 7.08. The van der Waals surface area contributed by atoms with E-state index in [1.165, 1.54) is 13.0 Å². The average molecular weight is 227 g/mol. The lowest BCUT2D eigenvalue weighted by Gasteiger charge is -2.18. The monoisotopic (exact) mass is 227 g/mol. The van der Waals surface area contributed by atoms with Crippen LogP contribution in [0.2, 0.25) is 0 Å². The van der Waals surface area contributed by atoms with E-state index in [4.69, 9.17) is 0 Å². The maximum Gasteiger partial charge on any atom is 0.0351 e. The Kier molecular flexibility index (Phi) is 6.93. The number of likely N-dealkylation sites (N-methyl/N-ethyl adjacent to an activating group) is 1. The smallest absolute Gasteiger partial charge is 0.0351 e. The molecule has 0 aromatic rings. The molecule has 0 bridgehead atoms. The van der Waals surface area contributed by atoms with Gasteiger partial charge < -0.3 is 4.74 Å². The summed E-state index contributed by atoms with van der Waals surface area (Å²) in [4.78, 5) is 2.45. The summed E-state index contributed by atoms with van der Waals surface area (Å²) in [5.41, 5.74) is 0.326. The molecule has 2 heteroatoms. The third-order valence-corrected chi connectivity index (χ3v) is 2.63. The third kappa shape index (κ3) is 7.02. The Morgan fingerprint density at radius 3 is 2.06 bits per heavy atom. The van der Waals surface area contributed by atoms with Crippen LogP contribution >= 0.6 is 0 Å². The Labute approximate surface area is 102 Å². The summed E-state index contributed by atoms with van der Waals surface area (Å²) in [6, 6.07) is 0.675. The minimum absolute atomic E-state index is 0.326. The first-order valence-corrected chi connectivity index (χ1v) is 6.10. The molecule has 2 unspecified atom stereocenters. The van der Waals surface area contributed by atoms with Crippen molar-refractivity contribution in [2.75, 3.05) is 27.8 Å². The van der Waals surface area contributed by atoms with Crippen LogP contribution in [0.1, 0.15) is 34.1 Å². The van der Waals surface area contributed by atoms with E-state index in [1.807, 2.05) is 0 Å². The molecule has 1 heterocycles. The van der Waals surface area contributed by atoms with E-state index in [1.54, 1.807) is 14.2 Å². The molecule has 1 aliphatic heterocycles. The summed E-state index contributed by atoms with van der Waals surface area (Å²) < 4.78 is 4.25. The molecule has 0 aromatic carbocycles. The first-order valence-electron chi connectivity index (χ1n) is 6.10. The Morgan fingerprint density at radius 2 is 1.75 bits per heavy atom. The zero-order valence-corrected chi connectivity index (χ0v) is 12.1. The van der Waals surface area contributed by atoms with Crippen LogP contribution in [0.25, 0.3) is 0 Å². The van der Waals surface area contributed by atoms with Gasteiger partial charge in [-0.2, -0.15) is 0 Å². The molecular weight excluding hydrogens is 198 g/mol. The second-order valence-corrected chi connectivity index (χ2v) is 5.98. The van der Waals surface area contributed by atoms with Crippen LogP contribution in [0.3, 0.4) is 0 Å². The highest BCUT2D eigenvalue weighted by atomic mass is 16.4. The lowest BCUT2D eigenvalue weighted by atomic mass is 9.95. The van der Waals surface area contributed by atoms with E-state index >= 15 is 0 Å². The number of nitrogens with zero attached hydrogens (tertiary/aromatic N) is 1. The van der Waals surface area contributed by atoms with E-state index < -0.39 is 0 Å². The van der Waals surface area contributed by atoms with Crippen molar-refractivity contribution in [2.45, 2.75) is 40.2 Å². The van der Waals surface area contributed by atoms with Gasteiger partial charge in [0.25, 0.3) is 0 Å². The van der Waals surface area contributed by atoms with Gasteiger partial charge in [-0.25, -0.2) is 0 Å². The molecule has 2 nitrogen and oxygen atoms in total. The number of hydrogen-bond acceptors (Lipinski definition) is 2.